The summed E-state index contributed by atoms with van der Waals surface area (Å²) in [5, 5.41) is 0. The summed E-state index contributed by atoms with van der Waals surface area (Å²) in [4.78, 5) is 11.9. The van der Waals surface area contributed by atoms with E-state index in [2.05, 4.69) is 0 Å². The smallest absolute Gasteiger partial charge is 0.338 e. The van der Waals surface area contributed by atoms with Crippen LogP contribution in [0.25, 0.3) is 0 Å². The summed E-state index contributed by atoms with van der Waals surface area (Å²) in [6.07, 6.45) is 0. The second-order valence-electron chi connectivity index (χ2n) is 4.93. The highest BCUT2D eigenvalue weighted by atomic mass is 16.6. The fourth-order valence-corrected chi connectivity index (χ4v) is 1.97. The van der Waals surface area contributed by atoms with Crippen molar-refractivity contribution in [3.8, 4) is 5.75 Å². The maximum atomic E-state index is 11.9. The highest BCUT2D eigenvalue weighted by molar-refractivity contribution is 5.89. The van der Waals surface area contributed by atoms with E-state index in [1.165, 1.54) is 5.56 Å². The van der Waals surface area contributed by atoms with Crippen LogP contribution >= 0.6 is 0 Å². The summed E-state index contributed by atoms with van der Waals surface area (Å²) in [5.74, 6) is 0.411. The fraction of sp³-hybridized carbons (Fsp3) is 0.278. The SMILES string of the molecule is COCc1cccc(C(=O)OCCOc2ccc(C)cc2)c1. The number of esters is 1. The average molecular weight is 300 g/mol. The average Bonchev–Trinajstić information content (AvgIpc) is 2.53. The van der Waals surface area contributed by atoms with Gasteiger partial charge in [0.15, 0.2) is 0 Å². The van der Waals surface area contributed by atoms with Gasteiger partial charge in [0.2, 0.25) is 0 Å². The van der Waals surface area contributed by atoms with Gasteiger partial charge < -0.3 is 14.2 Å². The summed E-state index contributed by atoms with van der Waals surface area (Å²) < 4.78 is 15.8. The number of carbonyl (C=O) groups excluding carboxylic acids is 1. The molecule has 0 heterocycles. The first-order valence-electron chi connectivity index (χ1n) is 7.13. The third kappa shape index (κ3) is 4.90. The van der Waals surface area contributed by atoms with Crippen molar-refractivity contribution < 1.29 is 19.0 Å². The van der Waals surface area contributed by atoms with E-state index in [-0.39, 0.29) is 12.6 Å². The number of hydrogen-bond acceptors (Lipinski definition) is 4. The van der Waals surface area contributed by atoms with Crippen LogP contribution in [0.3, 0.4) is 0 Å². The van der Waals surface area contributed by atoms with E-state index in [4.69, 9.17) is 14.2 Å². The number of aryl methyl sites for hydroxylation is 1. The van der Waals surface area contributed by atoms with Crippen LogP contribution < -0.4 is 4.74 Å². The minimum absolute atomic E-state index is 0.210. The molecule has 0 N–H and O–H groups in total. The summed E-state index contributed by atoms with van der Waals surface area (Å²) >= 11 is 0. The summed E-state index contributed by atoms with van der Waals surface area (Å²) in [6, 6.07) is 14.9. The monoisotopic (exact) mass is 300 g/mol. The van der Waals surface area contributed by atoms with Gasteiger partial charge in [0, 0.05) is 7.11 Å². The van der Waals surface area contributed by atoms with Gasteiger partial charge in [-0.05, 0) is 36.8 Å². The van der Waals surface area contributed by atoms with Crippen LogP contribution in [0.5, 0.6) is 5.75 Å². The summed E-state index contributed by atoms with van der Waals surface area (Å²) in [5.41, 5.74) is 2.63. The first kappa shape index (κ1) is 16.0. The Hall–Kier alpha value is -2.33. The van der Waals surface area contributed by atoms with Gasteiger partial charge in [-0.1, -0.05) is 29.8 Å². The molecule has 4 nitrogen and oxygen atoms in total. The molecule has 2 rings (SSSR count). The molecular weight excluding hydrogens is 280 g/mol. The number of carbonyl (C=O) groups is 1. The molecule has 0 spiro atoms. The standard InChI is InChI=1S/C18H20O4/c1-14-6-8-17(9-7-14)21-10-11-22-18(19)16-5-3-4-15(12-16)13-20-2/h3-9,12H,10-11,13H2,1-2H3. The minimum Gasteiger partial charge on any atom is -0.490 e. The molecule has 0 amide bonds. The molecule has 116 valence electrons. The molecule has 0 radical (unpaired) electrons. The van der Waals surface area contributed by atoms with Crippen molar-refractivity contribution >= 4 is 5.97 Å². The van der Waals surface area contributed by atoms with Crippen LogP contribution in [-0.4, -0.2) is 26.3 Å². The van der Waals surface area contributed by atoms with Crippen LogP contribution in [0, 0.1) is 6.92 Å². The van der Waals surface area contributed by atoms with Gasteiger partial charge in [-0.25, -0.2) is 4.79 Å². The fourth-order valence-electron chi connectivity index (χ4n) is 1.97. The van der Waals surface area contributed by atoms with Crippen molar-refractivity contribution in [1.82, 2.24) is 0 Å². The molecule has 0 aliphatic carbocycles. The molecule has 0 unspecified atom stereocenters. The minimum atomic E-state index is -0.356. The van der Waals surface area contributed by atoms with E-state index < -0.39 is 0 Å². The second-order valence-corrected chi connectivity index (χ2v) is 4.93. The van der Waals surface area contributed by atoms with Crippen molar-refractivity contribution in [2.45, 2.75) is 13.5 Å². The van der Waals surface area contributed by atoms with Crippen molar-refractivity contribution in [2.24, 2.45) is 0 Å². The maximum Gasteiger partial charge on any atom is 0.338 e. The van der Waals surface area contributed by atoms with E-state index >= 15 is 0 Å². The third-order valence-corrected chi connectivity index (χ3v) is 3.08. The zero-order chi connectivity index (χ0) is 15.8. The van der Waals surface area contributed by atoms with Crippen molar-refractivity contribution in [1.29, 1.82) is 0 Å². The van der Waals surface area contributed by atoms with E-state index in [0.717, 1.165) is 11.3 Å². The van der Waals surface area contributed by atoms with E-state index in [1.807, 2.05) is 43.3 Å². The van der Waals surface area contributed by atoms with E-state index in [0.29, 0.717) is 18.8 Å². The van der Waals surface area contributed by atoms with Crippen molar-refractivity contribution in [3.63, 3.8) is 0 Å². The first-order valence-corrected chi connectivity index (χ1v) is 7.13. The van der Waals surface area contributed by atoms with Crippen molar-refractivity contribution in [2.75, 3.05) is 20.3 Å². The Bertz CT molecular complexity index is 605. The Kier molecular flexibility index (Phi) is 5.98. The van der Waals surface area contributed by atoms with Gasteiger partial charge >= 0.3 is 5.97 Å². The molecule has 0 aromatic heterocycles. The molecule has 0 bridgehead atoms. The topological polar surface area (TPSA) is 44.8 Å². The molecule has 0 aliphatic rings. The largest absolute Gasteiger partial charge is 0.490 e. The zero-order valence-corrected chi connectivity index (χ0v) is 12.9. The Morgan fingerprint density at radius 3 is 2.55 bits per heavy atom. The van der Waals surface area contributed by atoms with Gasteiger partial charge in [0.05, 0.1) is 12.2 Å². The van der Waals surface area contributed by atoms with Crippen molar-refractivity contribution in [3.05, 3.63) is 65.2 Å². The summed E-state index contributed by atoms with van der Waals surface area (Å²) in [7, 11) is 1.62. The van der Waals surface area contributed by atoms with Gasteiger partial charge in [-0.3, -0.25) is 0 Å². The molecule has 0 aliphatic heterocycles. The zero-order valence-electron chi connectivity index (χ0n) is 12.9. The lowest BCUT2D eigenvalue weighted by Crippen LogP contribution is -2.12. The van der Waals surface area contributed by atoms with Gasteiger partial charge in [0.25, 0.3) is 0 Å². The maximum absolute atomic E-state index is 11.9. The highest BCUT2D eigenvalue weighted by Gasteiger charge is 2.07. The van der Waals surface area contributed by atoms with Crippen LogP contribution in [0.2, 0.25) is 0 Å². The second kappa shape index (κ2) is 8.20. The molecule has 0 fully saturated rings. The van der Waals surface area contributed by atoms with Crippen LogP contribution in [0.15, 0.2) is 48.5 Å². The quantitative estimate of drug-likeness (QED) is 0.581. The van der Waals surface area contributed by atoms with Gasteiger partial charge in [-0.15, -0.1) is 0 Å². The normalized spacial score (nSPS) is 10.3. The Balaban J connectivity index is 1.77. The van der Waals surface area contributed by atoms with Crippen LogP contribution in [-0.2, 0) is 16.1 Å². The van der Waals surface area contributed by atoms with Gasteiger partial charge in [-0.2, -0.15) is 0 Å². The Morgan fingerprint density at radius 1 is 1.05 bits per heavy atom. The number of methoxy groups -OCH3 is 1. The highest BCUT2D eigenvalue weighted by Crippen LogP contribution is 2.11. The molecule has 0 saturated heterocycles. The molecular formula is C18H20O4. The number of hydrogen-bond donors (Lipinski definition) is 0. The van der Waals surface area contributed by atoms with Crippen LogP contribution in [0.1, 0.15) is 21.5 Å². The molecule has 0 saturated carbocycles. The number of ether oxygens (including phenoxy) is 3. The Labute approximate surface area is 130 Å². The summed E-state index contributed by atoms with van der Waals surface area (Å²) in [6.45, 7) is 3.02. The van der Waals surface area contributed by atoms with E-state index in [9.17, 15) is 4.79 Å². The van der Waals surface area contributed by atoms with Gasteiger partial charge in [0.1, 0.15) is 19.0 Å². The Morgan fingerprint density at radius 2 is 1.82 bits per heavy atom. The van der Waals surface area contributed by atoms with Crippen LogP contribution in [0.4, 0.5) is 0 Å². The molecule has 4 heteroatoms. The predicted octanol–water partition coefficient (Wildman–Crippen LogP) is 3.38. The lowest BCUT2D eigenvalue weighted by Gasteiger charge is -2.08. The molecule has 2 aromatic rings. The predicted molar refractivity (Wildman–Crippen MR) is 84.1 cm³/mol. The lowest BCUT2D eigenvalue weighted by atomic mass is 10.1. The first-order chi connectivity index (χ1) is 10.7. The molecule has 22 heavy (non-hydrogen) atoms. The van der Waals surface area contributed by atoms with E-state index in [1.54, 1.807) is 19.2 Å². The third-order valence-electron chi connectivity index (χ3n) is 3.08. The lowest BCUT2D eigenvalue weighted by molar-refractivity contribution is 0.0450. The number of rotatable bonds is 7. The molecule has 2 aromatic carbocycles. The molecule has 0 atom stereocenters. The number of benzene rings is 2.